The number of fused-ring (bicyclic) bond motifs is 6. The zero-order chi connectivity index (χ0) is 17.9. The van der Waals surface area contributed by atoms with Crippen molar-refractivity contribution >= 4 is 5.97 Å². The average molecular weight is 344 g/mol. The number of ether oxygens (including phenoxy) is 2. The van der Waals surface area contributed by atoms with E-state index in [0.29, 0.717) is 22.6 Å². The van der Waals surface area contributed by atoms with Crippen LogP contribution >= 0.6 is 0 Å². The van der Waals surface area contributed by atoms with Crippen LogP contribution in [-0.2, 0) is 16.8 Å². The molecule has 2 aliphatic heterocycles. The number of hydrogen-bond acceptors (Lipinski definition) is 4. The standard InChI is InChI=1S/C22H16O4/c1-2-13-7-9-17-19(11-13)25-20-12-14(23)8-10-18(20)22(17)16-6-4-3-5-15(16)21(24)26-22/h3-12,23H,2H2,1H3. The van der Waals surface area contributed by atoms with Gasteiger partial charge in [-0.2, -0.15) is 0 Å². The van der Waals surface area contributed by atoms with E-state index < -0.39 is 5.60 Å². The molecular weight excluding hydrogens is 328 g/mol. The van der Waals surface area contributed by atoms with Crippen molar-refractivity contribution in [1.82, 2.24) is 0 Å². The summed E-state index contributed by atoms with van der Waals surface area (Å²) in [7, 11) is 0. The fraction of sp³-hybridized carbons (Fsp3) is 0.136. The Balaban J connectivity index is 1.88. The first-order chi connectivity index (χ1) is 12.6. The summed E-state index contributed by atoms with van der Waals surface area (Å²) in [6.07, 6.45) is 0.868. The lowest BCUT2D eigenvalue weighted by atomic mass is 9.77. The molecule has 1 unspecified atom stereocenters. The molecule has 0 amide bonds. The summed E-state index contributed by atoms with van der Waals surface area (Å²) in [5.74, 6) is 0.890. The maximum Gasteiger partial charge on any atom is 0.340 e. The molecule has 1 N–H and O–H groups in total. The van der Waals surface area contributed by atoms with Gasteiger partial charge in [0.25, 0.3) is 0 Å². The number of carbonyl (C=O) groups is 1. The van der Waals surface area contributed by atoms with E-state index in [1.165, 1.54) is 0 Å². The van der Waals surface area contributed by atoms with Crippen LogP contribution in [0.2, 0.25) is 0 Å². The normalized spacial score (nSPS) is 19.3. The third-order valence-corrected chi connectivity index (χ3v) is 5.17. The predicted octanol–water partition coefficient (Wildman–Crippen LogP) is 4.52. The van der Waals surface area contributed by atoms with Crippen molar-refractivity contribution < 1.29 is 19.4 Å². The second kappa shape index (κ2) is 5.11. The number of carbonyl (C=O) groups excluding carboxylic acids is 1. The Morgan fingerprint density at radius 3 is 2.46 bits per heavy atom. The molecule has 1 atom stereocenters. The number of benzene rings is 3. The number of esters is 1. The molecular formula is C22H16O4. The molecule has 26 heavy (non-hydrogen) atoms. The summed E-state index contributed by atoms with van der Waals surface area (Å²) >= 11 is 0. The fourth-order valence-corrected chi connectivity index (χ4v) is 3.93. The lowest BCUT2D eigenvalue weighted by Gasteiger charge is -2.36. The largest absolute Gasteiger partial charge is 0.508 e. The summed E-state index contributed by atoms with van der Waals surface area (Å²) in [6.45, 7) is 2.07. The topological polar surface area (TPSA) is 55.8 Å². The van der Waals surface area contributed by atoms with Gasteiger partial charge in [-0.15, -0.1) is 0 Å². The average Bonchev–Trinajstić information content (AvgIpc) is 2.95. The first-order valence-electron chi connectivity index (χ1n) is 8.61. The molecule has 0 bridgehead atoms. The van der Waals surface area contributed by atoms with Gasteiger partial charge in [0.1, 0.15) is 17.2 Å². The van der Waals surface area contributed by atoms with Gasteiger partial charge in [0.15, 0.2) is 5.60 Å². The van der Waals surface area contributed by atoms with Crippen molar-refractivity contribution in [3.05, 3.63) is 88.5 Å². The number of aromatic hydroxyl groups is 1. The van der Waals surface area contributed by atoms with E-state index in [0.717, 1.165) is 23.1 Å². The SMILES string of the molecule is CCc1ccc2c(c1)Oc1cc(O)ccc1C21OC(=O)c2ccccc21. The zero-order valence-corrected chi connectivity index (χ0v) is 14.2. The molecule has 128 valence electrons. The molecule has 0 fully saturated rings. The minimum absolute atomic E-state index is 0.103. The second-order valence-corrected chi connectivity index (χ2v) is 6.58. The van der Waals surface area contributed by atoms with Crippen LogP contribution in [0.25, 0.3) is 0 Å². The molecule has 2 aliphatic rings. The van der Waals surface area contributed by atoms with Gasteiger partial charge in [-0.25, -0.2) is 4.79 Å². The molecule has 3 aromatic rings. The lowest BCUT2D eigenvalue weighted by molar-refractivity contribution is 0.0224. The van der Waals surface area contributed by atoms with Crippen molar-refractivity contribution in [3.8, 4) is 17.2 Å². The molecule has 0 radical (unpaired) electrons. The third-order valence-electron chi connectivity index (χ3n) is 5.17. The van der Waals surface area contributed by atoms with E-state index in [4.69, 9.17) is 9.47 Å². The highest BCUT2D eigenvalue weighted by molar-refractivity contribution is 5.97. The summed E-state index contributed by atoms with van der Waals surface area (Å²) in [4.78, 5) is 12.6. The first kappa shape index (κ1) is 15.0. The lowest BCUT2D eigenvalue weighted by Crippen LogP contribution is -2.33. The minimum Gasteiger partial charge on any atom is -0.508 e. The number of rotatable bonds is 1. The van der Waals surface area contributed by atoms with Crippen molar-refractivity contribution in [2.45, 2.75) is 18.9 Å². The number of phenolic OH excluding ortho intramolecular Hbond substituents is 1. The molecule has 0 saturated heterocycles. The van der Waals surface area contributed by atoms with Crippen molar-refractivity contribution in [3.63, 3.8) is 0 Å². The Bertz CT molecular complexity index is 1070. The maximum absolute atomic E-state index is 12.6. The van der Waals surface area contributed by atoms with Gasteiger partial charge in [0, 0.05) is 22.8 Å². The number of hydrogen-bond donors (Lipinski definition) is 1. The van der Waals surface area contributed by atoms with Crippen LogP contribution < -0.4 is 4.74 Å². The van der Waals surface area contributed by atoms with E-state index in [2.05, 4.69) is 6.92 Å². The van der Waals surface area contributed by atoms with E-state index in [1.807, 2.05) is 36.4 Å². The van der Waals surface area contributed by atoms with Gasteiger partial charge in [0.2, 0.25) is 0 Å². The van der Waals surface area contributed by atoms with Crippen molar-refractivity contribution in [1.29, 1.82) is 0 Å². The van der Waals surface area contributed by atoms with E-state index in [9.17, 15) is 9.90 Å². The Morgan fingerprint density at radius 1 is 0.923 bits per heavy atom. The van der Waals surface area contributed by atoms with Gasteiger partial charge in [-0.3, -0.25) is 0 Å². The summed E-state index contributed by atoms with van der Waals surface area (Å²) in [5, 5.41) is 9.93. The summed E-state index contributed by atoms with van der Waals surface area (Å²) in [6, 6.07) is 18.3. The third kappa shape index (κ3) is 1.81. The fourth-order valence-electron chi connectivity index (χ4n) is 3.93. The van der Waals surface area contributed by atoms with E-state index in [1.54, 1.807) is 24.3 Å². The number of aryl methyl sites for hydroxylation is 1. The van der Waals surface area contributed by atoms with Crippen molar-refractivity contribution in [2.24, 2.45) is 0 Å². The molecule has 0 saturated carbocycles. The minimum atomic E-state index is -1.06. The molecule has 2 heterocycles. The molecule has 5 rings (SSSR count). The van der Waals surface area contributed by atoms with Crippen LogP contribution in [0.3, 0.4) is 0 Å². The van der Waals surface area contributed by atoms with E-state index >= 15 is 0 Å². The van der Waals surface area contributed by atoms with Crippen LogP contribution in [-0.4, -0.2) is 11.1 Å². The van der Waals surface area contributed by atoms with Crippen LogP contribution in [0.1, 0.15) is 39.5 Å². The maximum atomic E-state index is 12.6. The molecule has 3 aromatic carbocycles. The first-order valence-corrected chi connectivity index (χ1v) is 8.61. The highest BCUT2D eigenvalue weighted by Crippen LogP contribution is 2.56. The molecule has 1 spiro atoms. The van der Waals surface area contributed by atoms with Crippen LogP contribution in [0.5, 0.6) is 17.2 Å². The predicted molar refractivity (Wildman–Crippen MR) is 95.7 cm³/mol. The van der Waals surface area contributed by atoms with Gasteiger partial charge in [-0.05, 0) is 36.2 Å². The van der Waals surface area contributed by atoms with Gasteiger partial charge in [-0.1, -0.05) is 37.3 Å². The Morgan fingerprint density at radius 2 is 1.65 bits per heavy atom. The zero-order valence-electron chi connectivity index (χ0n) is 14.2. The molecule has 4 heteroatoms. The molecule has 4 nitrogen and oxygen atoms in total. The van der Waals surface area contributed by atoms with Crippen LogP contribution in [0.15, 0.2) is 60.7 Å². The summed E-state index contributed by atoms with van der Waals surface area (Å²) in [5.41, 5.74) is 2.93. The van der Waals surface area contributed by atoms with Gasteiger partial charge >= 0.3 is 5.97 Å². The second-order valence-electron chi connectivity index (χ2n) is 6.58. The number of phenols is 1. The Kier molecular flexibility index (Phi) is 2.95. The van der Waals surface area contributed by atoms with E-state index in [-0.39, 0.29) is 11.7 Å². The quantitative estimate of drug-likeness (QED) is 0.659. The monoisotopic (exact) mass is 344 g/mol. The van der Waals surface area contributed by atoms with Gasteiger partial charge in [0.05, 0.1) is 5.56 Å². The molecule has 0 aliphatic carbocycles. The smallest absolute Gasteiger partial charge is 0.340 e. The Hall–Kier alpha value is -3.27. The molecule has 0 aromatic heterocycles. The highest BCUT2D eigenvalue weighted by Gasteiger charge is 2.53. The van der Waals surface area contributed by atoms with Gasteiger partial charge < -0.3 is 14.6 Å². The summed E-state index contributed by atoms with van der Waals surface area (Å²) < 4.78 is 12.1. The van der Waals surface area contributed by atoms with Crippen LogP contribution in [0, 0.1) is 0 Å². The highest BCUT2D eigenvalue weighted by atomic mass is 16.6. The van der Waals surface area contributed by atoms with Crippen molar-refractivity contribution in [2.75, 3.05) is 0 Å². The Labute approximate surface area is 150 Å². The van der Waals surface area contributed by atoms with Crippen LogP contribution in [0.4, 0.5) is 0 Å².